The summed E-state index contributed by atoms with van der Waals surface area (Å²) in [4.78, 5) is 12.0. The van der Waals surface area contributed by atoms with Crippen molar-refractivity contribution in [3.63, 3.8) is 0 Å². The van der Waals surface area contributed by atoms with Crippen LogP contribution < -0.4 is 14.8 Å². The van der Waals surface area contributed by atoms with E-state index in [1.54, 1.807) is 36.4 Å². The Morgan fingerprint density at radius 1 is 0.900 bits per heavy atom. The first-order chi connectivity index (χ1) is 14.7. The number of benzene rings is 2. The molecule has 2 heterocycles. The molecule has 0 aliphatic carbocycles. The number of hydrogen-bond acceptors (Lipinski definition) is 5. The minimum atomic E-state index is -0.364. The molecule has 0 aliphatic rings. The van der Waals surface area contributed by atoms with Gasteiger partial charge in [0.05, 0.1) is 0 Å². The largest absolute Gasteiger partial charge is 0.484 e. The van der Waals surface area contributed by atoms with E-state index in [0.717, 1.165) is 0 Å². The molecule has 8 heteroatoms. The highest BCUT2D eigenvalue weighted by atomic mass is 19.1. The number of carbonyl (C=O) groups is 1. The summed E-state index contributed by atoms with van der Waals surface area (Å²) in [6, 6.07) is 19.6. The number of amides is 1. The second-order valence-electron chi connectivity index (χ2n) is 6.24. The predicted octanol–water partition coefficient (Wildman–Crippen LogP) is 4.22. The molecule has 0 radical (unpaired) electrons. The van der Waals surface area contributed by atoms with Gasteiger partial charge in [-0.15, -0.1) is 10.2 Å². The molecule has 30 heavy (non-hydrogen) atoms. The van der Waals surface area contributed by atoms with Crippen LogP contribution in [-0.4, -0.2) is 27.3 Å². The van der Waals surface area contributed by atoms with Crippen LogP contribution in [0.3, 0.4) is 0 Å². The van der Waals surface area contributed by atoms with Gasteiger partial charge in [-0.2, -0.15) is 0 Å². The lowest BCUT2D eigenvalue weighted by atomic mass is 10.3. The number of hydrogen-bond donors (Lipinski definition) is 1. The van der Waals surface area contributed by atoms with E-state index in [4.69, 9.17) is 9.47 Å². The van der Waals surface area contributed by atoms with E-state index in [9.17, 15) is 9.18 Å². The molecule has 0 saturated heterocycles. The van der Waals surface area contributed by atoms with Crippen LogP contribution in [0.15, 0.2) is 85.2 Å². The lowest BCUT2D eigenvalue weighted by Crippen LogP contribution is -2.20. The summed E-state index contributed by atoms with van der Waals surface area (Å²) >= 11 is 0. The number of nitrogens with one attached hydrogen (secondary N) is 1. The van der Waals surface area contributed by atoms with Crippen molar-refractivity contribution in [2.75, 3.05) is 11.9 Å². The summed E-state index contributed by atoms with van der Waals surface area (Å²) in [6.07, 6.45) is 3.75. The molecule has 4 aromatic rings. The number of ether oxygens (including phenoxy) is 2. The topological polar surface area (TPSA) is 78.3 Å². The molecule has 0 fully saturated rings. The van der Waals surface area contributed by atoms with Crippen molar-refractivity contribution in [1.29, 1.82) is 0 Å². The van der Waals surface area contributed by atoms with Gasteiger partial charge >= 0.3 is 0 Å². The molecule has 1 amide bonds. The third kappa shape index (κ3) is 4.99. The average Bonchev–Trinajstić information content (AvgIpc) is 3.30. The standard InChI is InChI=1S/C22H17FN4O3/c23-16-3-7-18(8-4-16)29-15-21(28)24-17-5-9-19(10-6-17)30-22-12-11-20(25-26-22)27-13-1-2-14-27/h1-14H,15H2,(H,24,28). The molecule has 0 spiro atoms. The fourth-order valence-corrected chi connectivity index (χ4v) is 2.60. The zero-order valence-electron chi connectivity index (χ0n) is 15.7. The minimum absolute atomic E-state index is 0.187. The highest BCUT2D eigenvalue weighted by molar-refractivity contribution is 5.91. The van der Waals surface area contributed by atoms with E-state index in [2.05, 4.69) is 15.5 Å². The molecule has 7 nitrogen and oxygen atoms in total. The van der Waals surface area contributed by atoms with Crippen LogP contribution >= 0.6 is 0 Å². The van der Waals surface area contributed by atoms with Gasteiger partial charge in [0.15, 0.2) is 12.4 Å². The first-order valence-corrected chi connectivity index (χ1v) is 9.09. The number of carbonyl (C=O) groups excluding carboxylic acids is 1. The average molecular weight is 404 g/mol. The van der Waals surface area contributed by atoms with Gasteiger partial charge in [0.2, 0.25) is 5.88 Å². The number of rotatable bonds is 7. The monoisotopic (exact) mass is 404 g/mol. The zero-order valence-corrected chi connectivity index (χ0v) is 15.7. The third-order valence-corrected chi connectivity index (χ3v) is 4.04. The van der Waals surface area contributed by atoms with Crippen molar-refractivity contribution >= 4 is 11.6 Å². The highest BCUT2D eigenvalue weighted by Crippen LogP contribution is 2.21. The van der Waals surface area contributed by atoms with Gasteiger partial charge < -0.3 is 19.4 Å². The number of aromatic nitrogens is 3. The van der Waals surface area contributed by atoms with Crippen molar-refractivity contribution in [3.05, 3.63) is 91.0 Å². The van der Waals surface area contributed by atoms with Crippen LogP contribution in [0.2, 0.25) is 0 Å². The van der Waals surface area contributed by atoms with Crippen LogP contribution in [0.5, 0.6) is 17.4 Å². The first kappa shape index (κ1) is 19.1. The molecular weight excluding hydrogens is 387 g/mol. The van der Waals surface area contributed by atoms with Gasteiger partial charge in [-0.3, -0.25) is 4.79 Å². The van der Waals surface area contributed by atoms with Crippen LogP contribution in [0.1, 0.15) is 0 Å². The first-order valence-electron chi connectivity index (χ1n) is 9.09. The fraction of sp³-hybridized carbons (Fsp3) is 0.0455. The molecule has 2 aromatic carbocycles. The number of anilines is 1. The second-order valence-corrected chi connectivity index (χ2v) is 6.24. The van der Waals surface area contributed by atoms with Crippen LogP contribution in [0.25, 0.3) is 5.82 Å². The summed E-state index contributed by atoms with van der Waals surface area (Å²) in [5, 5.41) is 10.9. The van der Waals surface area contributed by atoms with Crippen LogP contribution in [-0.2, 0) is 4.79 Å². The molecule has 0 bridgehead atoms. The van der Waals surface area contributed by atoms with Crippen molar-refractivity contribution in [2.45, 2.75) is 0 Å². The second kappa shape index (κ2) is 8.87. The molecule has 0 atom stereocenters. The summed E-state index contributed by atoms with van der Waals surface area (Å²) in [5.74, 6) is 1.32. The Bertz CT molecular complexity index is 1100. The van der Waals surface area contributed by atoms with E-state index in [1.807, 2.05) is 29.1 Å². The van der Waals surface area contributed by atoms with Crippen molar-refractivity contribution in [1.82, 2.24) is 14.8 Å². The molecule has 0 aliphatic heterocycles. The summed E-state index contributed by atoms with van der Waals surface area (Å²) in [7, 11) is 0. The summed E-state index contributed by atoms with van der Waals surface area (Å²) < 4.78 is 25.7. The lowest BCUT2D eigenvalue weighted by molar-refractivity contribution is -0.118. The van der Waals surface area contributed by atoms with Gasteiger partial charge in [-0.05, 0) is 66.7 Å². The quantitative estimate of drug-likeness (QED) is 0.499. The molecule has 4 rings (SSSR count). The number of halogens is 1. The molecular formula is C22H17FN4O3. The summed E-state index contributed by atoms with van der Waals surface area (Å²) in [5.41, 5.74) is 0.587. The maximum absolute atomic E-state index is 12.9. The Hall–Kier alpha value is -4.20. The van der Waals surface area contributed by atoms with Gasteiger partial charge in [-0.1, -0.05) is 0 Å². The molecule has 0 saturated carbocycles. The Morgan fingerprint density at radius 2 is 1.60 bits per heavy atom. The van der Waals surface area contributed by atoms with E-state index < -0.39 is 0 Å². The zero-order chi connectivity index (χ0) is 20.8. The van der Waals surface area contributed by atoms with Gasteiger partial charge in [0.25, 0.3) is 5.91 Å². The highest BCUT2D eigenvalue weighted by Gasteiger charge is 2.06. The Labute approximate surface area is 171 Å². The predicted molar refractivity (Wildman–Crippen MR) is 108 cm³/mol. The normalized spacial score (nSPS) is 10.4. The van der Waals surface area contributed by atoms with Crippen LogP contribution in [0, 0.1) is 5.82 Å². The van der Waals surface area contributed by atoms with Crippen LogP contribution in [0.4, 0.5) is 10.1 Å². The van der Waals surface area contributed by atoms with Gasteiger partial charge in [0.1, 0.15) is 17.3 Å². The molecule has 150 valence electrons. The van der Waals surface area contributed by atoms with Crippen molar-refractivity contribution in [3.8, 4) is 23.2 Å². The maximum atomic E-state index is 12.9. The van der Waals surface area contributed by atoms with Gasteiger partial charge in [-0.25, -0.2) is 4.39 Å². The smallest absolute Gasteiger partial charge is 0.262 e. The Morgan fingerprint density at radius 3 is 2.27 bits per heavy atom. The maximum Gasteiger partial charge on any atom is 0.262 e. The van der Waals surface area contributed by atoms with Crippen molar-refractivity contribution in [2.24, 2.45) is 0 Å². The summed E-state index contributed by atoms with van der Waals surface area (Å²) in [6.45, 7) is -0.187. The third-order valence-electron chi connectivity index (χ3n) is 4.04. The van der Waals surface area contributed by atoms with E-state index in [1.165, 1.54) is 24.3 Å². The van der Waals surface area contributed by atoms with E-state index in [-0.39, 0.29) is 18.3 Å². The number of nitrogens with zero attached hydrogens (tertiary/aromatic N) is 3. The fourth-order valence-electron chi connectivity index (χ4n) is 2.60. The minimum Gasteiger partial charge on any atom is -0.484 e. The lowest BCUT2D eigenvalue weighted by Gasteiger charge is -2.09. The van der Waals surface area contributed by atoms with E-state index in [0.29, 0.717) is 28.9 Å². The molecule has 2 aromatic heterocycles. The van der Waals surface area contributed by atoms with Gasteiger partial charge in [0, 0.05) is 24.1 Å². The Balaban J connectivity index is 1.29. The van der Waals surface area contributed by atoms with E-state index >= 15 is 0 Å². The Kier molecular flexibility index (Phi) is 5.66. The molecule has 1 N–H and O–H groups in total. The SMILES string of the molecule is O=C(COc1ccc(F)cc1)Nc1ccc(Oc2ccc(-n3cccc3)nn2)cc1. The van der Waals surface area contributed by atoms with Crippen molar-refractivity contribution < 1.29 is 18.7 Å². The molecule has 0 unspecified atom stereocenters.